The number of esters is 1. The van der Waals surface area contributed by atoms with Gasteiger partial charge in [0.1, 0.15) is 30.1 Å². The molecule has 4 aliphatic rings. The number of nitrogens with zero attached hydrogens (tertiary/aromatic N) is 1. The van der Waals surface area contributed by atoms with Crippen LogP contribution in [-0.2, 0) is 61.6 Å². The molecule has 16 nitrogen and oxygen atoms in total. The quantitative estimate of drug-likeness (QED) is 0.0528. The van der Waals surface area contributed by atoms with Gasteiger partial charge < -0.3 is 52.7 Å². The predicted molar refractivity (Wildman–Crippen MR) is 343 cm³/mol. The standard InChI is InChI=1S/C71H105NO15Si/c1-47-25-17-14-18-26-48(2)61(80-11)45-55-34-32-53(7)71(79,87-55)67(76)68(77)72-36-24-23-31-58(72)69(78)86-62(46-59(73)49(3)42-52(6)65(75)66(82-13)64(74)51(5)41-47)50(4)43-54-33-35-60(63(44-54)81-12)84-39-37-83-38-40-85-88(70(8,9)10,56-27-19-15-20-28-56)57-29-21-16-22-30-57/h14-22,25-30,42,47,49-51,53-55,58,60-63,65-66,75,79H,23-24,31-41,43-46H2,1-13H3/b18-14?,25-17+,48-26?,52-42+/t47-,49-,50-,51-,53-,54+,55+,58+,60-,61+,62+,63-,65-,66+,71-/m1/s1. The van der Waals surface area contributed by atoms with Gasteiger partial charge in [0.15, 0.2) is 5.78 Å². The fourth-order valence-corrected chi connectivity index (χ4v) is 18.2. The van der Waals surface area contributed by atoms with Crippen LogP contribution in [0.25, 0.3) is 0 Å². The van der Waals surface area contributed by atoms with Gasteiger partial charge in [-0.2, -0.15) is 0 Å². The average Bonchev–Trinajstić information content (AvgIpc) is 0.828. The summed E-state index contributed by atoms with van der Waals surface area (Å²) in [5, 5.41) is 26.0. The van der Waals surface area contributed by atoms with Crippen molar-refractivity contribution in [2.24, 2.45) is 35.5 Å². The highest BCUT2D eigenvalue weighted by Gasteiger charge is 2.54. The smallest absolute Gasteiger partial charge is 0.329 e. The summed E-state index contributed by atoms with van der Waals surface area (Å²) in [6.45, 7) is 21.2. The summed E-state index contributed by atoms with van der Waals surface area (Å²) in [5.41, 5.74) is 1.26. The van der Waals surface area contributed by atoms with Crippen LogP contribution in [0.15, 0.2) is 108 Å². The largest absolute Gasteiger partial charge is 0.460 e. The van der Waals surface area contributed by atoms with Crippen molar-refractivity contribution in [2.75, 3.05) is 54.3 Å². The van der Waals surface area contributed by atoms with Crippen molar-refractivity contribution in [2.45, 2.75) is 206 Å². The minimum absolute atomic E-state index is 0.00643. The van der Waals surface area contributed by atoms with E-state index in [2.05, 4.69) is 69.3 Å². The van der Waals surface area contributed by atoms with Crippen LogP contribution in [0, 0.1) is 35.5 Å². The first-order valence-electron chi connectivity index (χ1n) is 32.3. The molecule has 1 amide bonds. The van der Waals surface area contributed by atoms with Crippen molar-refractivity contribution < 1.29 is 71.8 Å². The molecule has 0 radical (unpaired) electrons. The maximum Gasteiger partial charge on any atom is 0.329 e. The van der Waals surface area contributed by atoms with E-state index in [1.807, 2.05) is 70.2 Å². The summed E-state index contributed by atoms with van der Waals surface area (Å²) < 4.78 is 49.9. The number of aliphatic hydroxyl groups is 2. The minimum Gasteiger partial charge on any atom is -0.460 e. The number of hydrogen-bond donors (Lipinski definition) is 2. The van der Waals surface area contributed by atoms with Gasteiger partial charge in [-0.15, -0.1) is 0 Å². The van der Waals surface area contributed by atoms with Crippen molar-refractivity contribution in [3.63, 3.8) is 0 Å². The van der Waals surface area contributed by atoms with Gasteiger partial charge in [0, 0.05) is 58.5 Å². The van der Waals surface area contributed by atoms with Gasteiger partial charge in [0.05, 0.1) is 50.8 Å². The molecule has 0 unspecified atom stereocenters. The van der Waals surface area contributed by atoms with E-state index in [1.54, 1.807) is 41.1 Å². The maximum atomic E-state index is 14.7. The van der Waals surface area contributed by atoms with Crippen LogP contribution in [0.2, 0.25) is 5.04 Å². The Hall–Kier alpha value is -4.79. The Labute approximate surface area is 526 Å². The Morgan fingerprint density at radius 2 is 1.42 bits per heavy atom. The minimum atomic E-state index is -2.71. The monoisotopic (exact) mass is 1240 g/mol. The number of aliphatic hydroxyl groups excluding tert-OH is 1. The molecule has 2 aromatic rings. The fraction of sp³-hybridized carbons (Fsp3) is 0.648. The summed E-state index contributed by atoms with van der Waals surface area (Å²) in [4.78, 5) is 73.3. The molecule has 0 spiro atoms. The Bertz CT molecular complexity index is 2650. The molecule has 3 aliphatic heterocycles. The first-order valence-corrected chi connectivity index (χ1v) is 34.2. The SMILES string of the molecule is CO[C@H]1C[C@@H]2CC[C@@H](C)[C@@](O)(O2)C(=O)C(=O)N2CCCC[C@H]2C(=O)O[C@H]([C@H](C)C[C@@H]2CC[C@@H](OCCOCCO[Si](c3ccccc3)(c3ccccc3)C(C)(C)C)[C@H](OC)C2)CC(=O)[C@H](C)/C=C(\C)[C@@H](O)[C@@H](OC)C(=O)[C@H](C)C[C@H](C)/C=C/C=CC=C1C. The van der Waals surface area contributed by atoms with Crippen LogP contribution in [0.5, 0.6) is 0 Å². The first-order chi connectivity index (χ1) is 41.9. The molecule has 1 saturated carbocycles. The first kappa shape index (κ1) is 72.3. The van der Waals surface area contributed by atoms with Gasteiger partial charge in [-0.25, -0.2) is 4.79 Å². The second-order valence-corrected chi connectivity index (χ2v) is 30.9. The highest BCUT2D eigenvalue weighted by Crippen LogP contribution is 2.40. The molecular weight excluding hydrogens is 1130 g/mol. The van der Waals surface area contributed by atoms with Crippen LogP contribution in [0.1, 0.15) is 146 Å². The van der Waals surface area contributed by atoms with Crippen molar-refractivity contribution >= 4 is 47.9 Å². The third-order valence-electron chi connectivity index (χ3n) is 19.0. The van der Waals surface area contributed by atoms with E-state index in [4.69, 9.17) is 37.6 Å². The Balaban J connectivity index is 1.17. The number of fused-ring (bicyclic) bond motifs is 3. The number of carbonyl (C=O) groups is 5. The van der Waals surface area contributed by atoms with Gasteiger partial charge in [0.25, 0.3) is 20.0 Å². The Morgan fingerprint density at radius 1 is 0.750 bits per heavy atom. The highest BCUT2D eigenvalue weighted by atomic mass is 28.4. The summed E-state index contributed by atoms with van der Waals surface area (Å²) in [6, 6.07) is 19.9. The van der Waals surface area contributed by atoms with E-state index < -0.39 is 86.1 Å². The van der Waals surface area contributed by atoms with Crippen molar-refractivity contribution in [3.05, 3.63) is 108 Å². The van der Waals surface area contributed by atoms with Crippen LogP contribution in [0.3, 0.4) is 0 Å². The van der Waals surface area contributed by atoms with E-state index in [-0.39, 0.29) is 66.0 Å². The van der Waals surface area contributed by atoms with E-state index in [0.29, 0.717) is 89.8 Å². The lowest BCUT2D eigenvalue weighted by Crippen LogP contribution is -2.66. The normalized spacial score (nSPS) is 32.3. The molecule has 1 aliphatic carbocycles. The fourth-order valence-electron chi connectivity index (χ4n) is 13.7. The number of rotatable bonds is 16. The number of carbonyl (C=O) groups excluding carboxylic acids is 5. The zero-order valence-corrected chi connectivity index (χ0v) is 56.0. The van der Waals surface area contributed by atoms with E-state index in [1.165, 1.54) is 22.4 Å². The third kappa shape index (κ3) is 18.7. The topological polar surface area (TPSA) is 203 Å². The molecular formula is C71H105NO15Si. The second-order valence-electron chi connectivity index (χ2n) is 26.6. The molecule has 88 heavy (non-hydrogen) atoms. The number of methoxy groups -OCH3 is 3. The van der Waals surface area contributed by atoms with Gasteiger partial charge >= 0.3 is 5.97 Å². The van der Waals surface area contributed by atoms with Crippen molar-refractivity contribution in [1.82, 2.24) is 4.90 Å². The zero-order chi connectivity index (χ0) is 64.3. The number of benzene rings is 2. The summed E-state index contributed by atoms with van der Waals surface area (Å²) in [6.07, 6.45) is 11.9. The molecule has 2 saturated heterocycles. The number of Topliss-reactive ketones (excluding diaryl/α,β-unsaturated/α-hetero) is 3. The maximum absolute atomic E-state index is 14.7. The van der Waals surface area contributed by atoms with Crippen LogP contribution < -0.4 is 10.4 Å². The summed E-state index contributed by atoms with van der Waals surface area (Å²) in [7, 11) is 1.95. The van der Waals surface area contributed by atoms with E-state index in [0.717, 1.165) is 12.0 Å². The molecule has 2 aromatic carbocycles. The number of cyclic esters (lactones) is 1. The predicted octanol–water partition coefficient (Wildman–Crippen LogP) is 9.80. The van der Waals surface area contributed by atoms with Crippen molar-refractivity contribution in [3.8, 4) is 0 Å². The number of amides is 1. The molecule has 2 N–H and O–H groups in total. The lowest BCUT2D eigenvalue weighted by atomic mass is 9.78. The Morgan fingerprint density at radius 3 is 2.06 bits per heavy atom. The lowest BCUT2D eigenvalue weighted by Gasteiger charge is -2.43. The molecule has 488 valence electrons. The summed E-state index contributed by atoms with van der Waals surface area (Å²) >= 11 is 0. The third-order valence-corrected chi connectivity index (χ3v) is 24.0. The highest BCUT2D eigenvalue weighted by molar-refractivity contribution is 6.99. The molecule has 6 rings (SSSR count). The number of allylic oxidation sites excluding steroid dienone is 6. The summed E-state index contributed by atoms with van der Waals surface area (Å²) in [5.74, 6) is -8.06. The molecule has 3 heterocycles. The molecule has 3 fully saturated rings. The van der Waals surface area contributed by atoms with Gasteiger partial charge in [0.2, 0.25) is 5.79 Å². The molecule has 0 aromatic heterocycles. The van der Waals surface area contributed by atoms with Crippen LogP contribution in [0.4, 0.5) is 0 Å². The molecule has 2 bridgehead atoms. The van der Waals surface area contributed by atoms with Crippen LogP contribution in [-0.4, -0.2) is 162 Å². The number of piperidine rings is 1. The van der Waals surface area contributed by atoms with Crippen LogP contribution >= 0.6 is 0 Å². The second kappa shape index (κ2) is 34.0. The number of ketones is 3. The van der Waals surface area contributed by atoms with Gasteiger partial charge in [-0.05, 0) is 122 Å². The van der Waals surface area contributed by atoms with Crippen molar-refractivity contribution in [1.29, 1.82) is 0 Å². The number of ether oxygens (including phenoxy) is 7. The Kier molecular flexibility index (Phi) is 28.0. The van der Waals surface area contributed by atoms with E-state index in [9.17, 15) is 34.2 Å². The molecule has 15 atom stereocenters. The lowest BCUT2D eigenvalue weighted by molar-refractivity contribution is -0.265. The van der Waals surface area contributed by atoms with Gasteiger partial charge in [-0.3, -0.25) is 19.2 Å². The average molecular weight is 1240 g/mol. The number of hydrogen-bond acceptors (Lipinski definition) is 15. The van der Waals surface area contributed by atoms with Gasteiger partial charge in [-0.1, -0.05) is 153 Å². The molecule has 17 heteroatoms. The zero-order valence-electron chi connectivity index (χ0n) is 55.0. The van der Waals surface area contributed by atoms with E-state index >= 15 is 0 Å².